The number of amides is 1. The molecule has 2 rings (SSSR count). The summed E-state index contributed by atoms with van der Waals surface area (Å²) in [5.41, 5.74) is 0.919. The Morgan fingerprint density at radius 2 is 2.08 bits per heavy atom. The molecule has 0 spiro atoms. The van der Waals surface area contributed by atoms with Gasteiger partial charge < -0.3 is 16.0 Å². The summed E-state index contributed by atoms with van der Waals surface area (Å²) >= 11 is 12.1. The van der Waals surface area contributed by atoms with Gasteiger partial charge in [-0.15, -0.1) is 0 Å². The van der Waals surface area contributed by atoms with Crippen molar-refractivity contribution >= 4 is 35.1 Å². The van der Waals surface area contributed by atoms with Crippen molar-refractivity contribution in [2.75, 3.05) is 13.1 Å². The van der Waals surface area contributed by atoms with E-state index in [1.54, 1.807) is 12.1 Å². The third-order valence-corrected chi connectivity index (χ3v) is 4.17. The first-order valence-corrected chi connectivity index (χ1v) is 9.09. The van der Waals surface area contributed by atoms with Crippen LogP contribution in [0.1, 0.15) is 38.2 Å². The zero-order chi connectivity index (χ0) is 17.4. The molecular formula is C17H24Cl2N4O. The van der Waals surface area contributed by atoms with Gasteiger partial charge >= 0.3 is 0 Å². The topological polar surface area (TPSA) is 65.5 Å². The maximum absolute atomic E-state index is 11.6. The molecule has 0 aliphatic heterocycles. The first-order chi connectivity index (χ1) is 11.6. The molecule has 5 nitrogen and oxygen atoms in total. The van der Waals surface area contributed by atoms with Crippen LogP contribution in [0.25, 0.3) is 0 Å². The summed E-state index contributed by atoms with van der Waals surface area (Å²) < 4.78 is 0. The molecule has 1 saturated carbocycles. The van der Waals surface area contributed by atoms with Gasteiger partial charge in [-0.05, 0) is 43.9 Å². The summed E-state index contributed by atoms with van der Waals surface area (Å²) in [6.45, 7) is 3.93. The van der Waals surface area contributed by atoms with Crippen molar-refractivity contribution in [2.45, 2.75) is 45.2 Å². The summed E-state index contributed by atoms with van der Waals surface area (Å²) in [5, 5.41) is 10.6. The van der Waals surface area contributed by atoms with Crippen molar-refractivity contribution in [1.82, 2.24) is 16.0 Å². The summed E-state index contributed by atoms with van der Waals surface area (Å²) in [5.74, 6) is 0.848. The number of benzene rings is 1. The third-order valence-electron chi connectivity index (χ3n) is 3.58. The molecule has 0 atom stereocenters. The van der Waals surface area contributed by atoms with Gasteiger partial charge in [0.1, 0.15) is 0 Å². The fraction of sp³-hybridized carbons (Fsp3) is 0.529. The van der Waals surface area contributed by atoms with Gasteiger partial charge in [0.15, 0.2) is 5.96 Å². The molecule has 1 aliphatic carbocycles. The van der Waals surface area contributed by atoms with E-state index in [-0.39, 0.29) is 5.91 Å². The molecular weight excluding hydrogens is 347 g/mol. The molecule has 0 saturated heterocycles. The summed E-state index contributed by atoms with van der Waals surface area (Å²) in [4.78, 5) is 16.1. The second kappa shape index (κ2) is 9.74. The molecule has 0 heterocycles. The molecule has 0 aromatic heterocycles. The average Bonchev–Trinajstić information content (AvgIpc) is 3.34. The van der Waals surface area contributed by atoms with Gasteiger partial charge in [-0.25, -0.2) is 4.99 Å². The SMILES string of the molecule is CCNC(=NCc1ccc(Cl)cc1Cl)NCCCC(=O)NC1CC1. The lowest BCUT2D eigenvalue weighted by Crippen LogP contribution is -2.38. The maximum atomic E-state index is 11.6. The van der Waals surface area contributed by atoms with Gasteiger partial charge in [-0.2, -0.15) is 0 Å². The summed E-state index contributed by atoms with van der Waals surface area (Å²) in [6, 6.07) is 5.82. The van der Waals surface area contributed by atoms with E-state index in [4.69, 9.17) is 23.2 Å². The molecule has 1 aliphatic rings. The van der Waals surface area contributed by atoms with Crippen LogP contribution in [0.2, 0.25) is 10.0 Å². The molecule has 1 fully saturated rings. The van der Waals surface area contributed by atoms with Crippen LogP contribution in [-0.4, -0.2) is 31.0 Å². The largest absolute Gasteiger partial charge is 0.357 e. The highest BCUT2D eigenvalue weighted by Gasteiger charge is 2.22. The second-order valence-electron chi connectivity index (χ2n) is 5.80. The predicted molar refractivity (Wildman–Crippen MR) is 99.7 cm³/mol. The number of nitrogens with zero attached hydrogens (tertiary/aromatic N) is 1. The molecule has 3 N–H and O–H groups in total. The van der Waals surface area contributed by atoms with Crippen molar-refractivity contribution in [2.24, 2.45) is 4.99 Å². The van der Waals surface area contributed by atoms with Crippen LogP contribution < -0.4 is 16.0 Å². The Bertz CT molecular complexity index is 588. The maximum Gasteiger partial charge on any atom is 0.220 e. The molecule has 132 valence electrons. The molecule has 7 heteroatoms. The Balaban J connectivity index is 1.76. The van der Waals surface area contributed by atoms with Crippen LogP contribution in [0.4, 0.5) is 0 Å². The predicted octanol–water partition coefficient (Wildman–Crippen LogP) is 3.11. The minimum atomic E-state index is 0.134. The van der Waals surface area contributed by atoms with Gasteiger partial charge in [-0.1, -0.05) is 29.3 Å². The van der Waals surface area contributed by atoms with Gasteiger partial charge in [-0.3, -0.25) is 4.79 Å². The molecule has 0 radical (unpaired) electrons. The highest BCUT2D eigenvalue weighted by molar-refractivity contribution is 6.35. The molecule has 1 aromatic rings. The Morgan fingerprint density at radius 3 is 2.75 bits per heavy atom. The zero-order valence-corrected chi connectivity index (χ0v) is 15.4. The van der Waals surface area contributed by atoms with Crippen molar-refractivity contribution in [3.05, 3.63) is 33.8 Å². The monoisotopic (exact) mass is 370 g/mol. The van der Waals surface area contributed by atoms with E-state index in [1.807, 2.05) is 13.0 Å². The first kappa shape index (κ1) is 18.9. The minimum absolute atomic E-state index is 0.134. The standard InChI is InChI=1S/C17H24Cl2N4O/c1-2-20-17(21-9-3-4-16(24)23-14-7-8-14)22-11-12-5-6-13(18)10-15(12)19/h5-6,10,14H,2-4,7-9,11H2,1H3,(H,23,24)(H2,20,21,22). The van der Waals surface area contributed by atoms with E-state index < -0.39 is 0 Å². The Morgan fingerprint density at radius 1 is 1.29 bits per heavy atom. The number of hydrogen-bond donors (Lipinski definition) is 3. The molecule has 1 aromatic carbocycles. The third kappa shape index (κ3) is 6.97. The van der Waals surface area contributed by atoms with Crippen LogP contribution in [-0.2, 0) is 11.3 Å². The molecule has 0 unspecified atom stereocenters. The smallest absolute Gasteiger partial charge is 0.220 e. The number of carbonyl (C=O) groups excluding carboxylic acids is 1. The van der Waals surface area contributed by atoms with E-state index in [9.17, 15) is 4.79 Å². The quantitative estimate of drug-likeness (QED) is 0.374. The zero-order valence-electron chi connectivity index (χ0n) is 13.9. The number of aliphatic imine (C=N–C) groups is 1. The highest BCUT2D eigenvalue weighted by atomic mass is 35.5. The van der Waals surface area contributed by atoms with Crippen molar-refractivity contribution in [3.8, 4) is 0 Å². The van der Waals surface area contributed by atoms with Crippen LogP contribution in [0.5, 0.6) is 0 Å². The van der Waals surface area contributed by atoms with Gasteiger partial charge in [0, 0.05) is 35.6 Å². The number of hydrogen-bond acceptors (Lipinski definition) is 2. The normalized spacial score (nSPS) is 14.4. The van der Waals surface area contributed by atoms with Crippen molar-refractivity contribution in [3.63, 3.8) is 0 Å². The van der Waals surface area contributed by atoms with Crippen LogP contribution in [0.15, 0.2) is 23.2 Å². The van der Waals surface area contributed by atoms with Crippen LogP contribution in [0.3, 0.4) is 0 Å². The molecule has 1 amide bonds. The number of rotatable bonds is 8. The fourth-order valence-corrected chi connectivity index (χ4v) is 2.61. The van der Waals surface area contributed by atoms with E-state index in [2.05, 4.69) is 20.9 Å². The lowest BCUT2D eigenvalue weighted by atomic mass is 10.2. The Labute approximate surface area is 153 Å². The number of guanidine groups is 1. The Hall–Kier alpha value is -1.46. The van der Waals surface area contributed by atoms with E-state index >= 15 is 0 Å². The first-order valence-electron chi connectivity index (χ1n) is 8.34. The number of carbonyl (C=O) groups is 1. The Kier molecular flexibility index (Phi) is 7.66. The highest BCUT2D eigenvalue weighted by Crippen LogP contribution is 2.21. The lowest BCUT2D eigenvalue weighted by Gasteiger charge is -2.11. The lowest BCUT2D eigenvalue weighted by molar-refractivity contribution is -0.121. The van der Waals surface area contributed by atoms with E-state index in [0.717, 1.165) is 31.4 Å². The van der Waals surface area contributed by atoms with Crippen molar-refractivity contribution < 1.29 is 4.79 Å². The van der Waals surface area contributed by atoms with Gasteiger partial charge in [0.25, 0.3) is 0 Å². The average molecular weight is 371 g/mol. The molecule has 24 heavy (non-hydrogen) atoms. The fourth-order valence-electron chi connectivity index (χ4n) is 2.14. The number of nitrogens with one attached hydrogen (secondary N) is 3. The minimum Gasteiger partial charge on any atom is -0.357 e. The summed E-state index contributed by atoms with van der Waals surface area (Å²) in [7, 11) is 0. The van der Waals surface area contributed by atoms with Gasteiger partial charge in [0.05, 0.1) is 6.54 Å². The van der Waals surface area contributed by atoms with E-state index in [0.29, 0.717) is 41.6 Å². The van der Waals surface area contributed by atoms with Gasteiger partial charge in [0.2, 0.25) is 5.91 Å². The summed E-state index contributed by atoms with van der Waals surface area (Å²) in [6.07, 6.45) is 3.54. The van der Waals surface area contributed by atoms with Crippen LogP contribution >= 0.6 is 23.2 Å². The van der Waals surface area contributed by atoms with Crippen LogP contribution in [0, 0.1) is 0 Å². The molecule has 0 bridgehead atoms. The second-order valence-corrected chi connectivity index (χ2v) is 6.65. The van der Waals surface area contributed by atoms with E-state index in [1.165, 1.54) is 0 Å². The number of halogens is 2. The van der Waals surface area contributed by atoms with Crippen molar-refractivity contribution in [1.29, 1.82) is 0 Å².